The lowest BCUT2D eigenvalue weighted by Gasteiger charge is -2.33. The Kier molecular flexibility index (Phi) is 8.42. The molecule has 0 aromatic heterocycles. The minimum absolute atomic E-state index is 0.245. The monoisotopic (exact) mass is 487 g/mol. The predicted molar refractivity (Wildman–Crippen MR) is 143 cm³/mol. The summed E-state index contributed by atoms with van der Waals surface area (Å²) in [6.07, 6.45) is 4.78. The average molecular weight is 488 g/mol. The maximum atomic E-state index is 12.5. The van der Waals surface area contributed by atoms with Crippen LogP contribution in [0.1, 0.15) is 87.4 Å². The minimum atomic E-state index is -1.30. The van der Waals surface area contributed by atoms with Crippen molar-refractivity contribution in [3.63, 3.8) is 0 Å². The predicted octanol–water partition coefficient (Wildman–Crippen LogP) is 6.73. The number of hydrogen-bond donors (Lipinski definition) is 2. The van der Waals surface area contributed by atoms with Gasteiger partial charge in [0.05, 0.1) is 6.10 Å². The van der Waals surface area contributed by atoms with Gasteiger partial charge in [0.25, 0.3) is 0 Å². The summed E-state index contributed by atoms with van der Waals surface area (Å²) in [5.41, 5.74) is 2.99. The van der Waals surface area contributed by atoms with E-state index >= 15 is 0 Å². The molecule has 5 atom stereocenters. The van der Waals surface area contributed by atoms with Crippen molar-refractivity contribution >= 4 is 22.7 Å². The molecule has 0 spiro atoms. The van der Waals surface area contributed by atoms with Crippen LogP contribution in [0.5, 0.6) is 0 Å². The van der Waals surface area contributed by atoms with E-state index in [0.29, 0.717) is 23.9 Å². The van der Waals surface area contributed by atoms with Crippen LogP contribution in [0.4, 0.5) is 0 Å². The number of ether oxygens (including phenoxy) is 1. The van der Waals surface area contributed by atoms with Crippen molar-refractivity contribution in [1.82, 2.24) is 5.32 Å². The molecule has 0 aliphatic heterocycles. The molecule has 3 aromatic carbocycles. The number of aliphatic carboxylic acids is 1. The van der Waals surface area contributed by atoms with Gasteiger partial charge in [-0.05, 0) is 72.9 Å². The lowest BCUT2D eigenvalue weighted by atomic mass is 9.80. The Hall–Kier alpha value is -3.18. The summed E-state index contributed by atoms with van der Waals surface area (Å²) in [7, 11) is 0. The van der Waals surface area contributed by atoms with Gasteiger partial charge in [-0.25, -0.2) is 0 Å². The topological polar surface area (TPSA) is 75.6 Å². The van der Waals surface area contributed by atoms with Gasteiger partial charge in [-0.3, -0.25) is 9.59 Å². The van der Waals surface area contributed by atoms with Crippen LogP contribution in [0.3, 0.4) is 0 Å². The smallest absolute Gasteiger partial charge is 0.325 e. The first-order valence-corrected chi connectivity index (χ1v) is 13.1. The Morgan fingerprint density at radius 2 is 1.72 bits per heavy atom. The van der Waals surface area contributed by atoms with Gasteiger partial charge in [0.2, 0.25) is 0 Å². The van der Waals surface area contributed by atoms with E-state index in [1.807, 2.05) is 19.1 Å². The number of fused-ring (bicyclic) bond motifs is 1. The molecule has 0 amide bonds. The number of nitrogens with one attached hydrogen (secondary N) is 1. The van der Waals surface area contributed by atoms with Gasteiger partial charge in [0, 0.05) is 12.1 Å². The maximum absolute atomic E-state index is 12.5. The largest absolute Gasteiger partial charge is 0.480 e. The van der Waals surface area contributed by atoms with E-state index < -0.39 is 17.9 Å². The number of carbonyl (C=O) groups excluding carboxylic acids is 1. The van der Waals surface area contributed by atoms with Crippen LogP contribution in [0.15, 0.2) is 66.7 Å². The average Bonchev–Trinajstić information content (AvgIpc) is 2.88. The fourth-order valence-electron chi connectivity index (χ4n) is 5.41. The van der Waals surface area contributed by atoms with E-state index in [9.17, 15) is 14.7 Å². The normalized spacial score (nSPS) is 20.4. The third-order valence-electron chi connectivity index (χ3n) is 7.57. The molecule has 190 valence electrons. The zero-order valence-corrected chi connectivity index (χ0v) is 21.4. The molecule has 5 nitrogen and oxygen atoms in total. The van der Waals surface area contributed by atoms with Gasteiger partial charge in [0.15, 0.2) is 5.92 Å². The Balaban J connectivity index is 1.43. The van der Waals surface area contributed by atoms with Crippen LogP contribution in [-0.2, 0) is 14.3 Å². The summed E-state index contributed by atoms with van der Waals surface area (Å²) in [4.78, 5) is 24.3. The fourth-order valence-corrected chi connectivity index (χ4v) is 5.41. The molecule has 36 heavy (non-hydrogen) atoms. The van der Waals surface area contributed by atoms with E-state index in [1.165, 1.54) is 21.9 Å². The second kappa shape index (κ2) is 11.7. The van der Waals surface area contributed by atoms with Gasteiger partial charge >= 0.3 is 11.9 Å². The molecule has 3 aromatic rings. The van der Waals surface area contributed by atoms with Crippen molar-refractivity contribution in [1.29, 1.82) is 0 Å². The lowest BCUT2D eigenvalue weighted by molar-refractivity contribution is -0.157. The minimum Gasteiger partial charge on any atom is -0.480 e. The molecule has 4 rings (SSSR count). The molecular weight excluding hydrogens is 450 g/mol. The van der Waals surface area contributed by atoms with Crippen molar-refractivity contribution in [2.45, 2.75) is 82.9 Å². The first kappa shape index (κ1) is 25.9. The van der Waals surface area contributed by atoms with Crippen LogP contribution in [0, 0.1) is 0 Å². The zero-order chi connectivity index (χ0) is 25.7. The Morgan fingerprint density at radius 3 is 2.44 bits per heavy atom. The highest BCUT2D eigenvalue weighted by Gasteiger charge is 2.31. The number of benzene rings is 3. The van der Waals surface area contributed by atoms with Gasteiger partial charge in [-0.2, -0.15) is 0 Å². The molecule has 1 aliphatic rings. The molecule has 0 bridgehead atoms. The van der Waals surface area contributed by atoms with Gasteiger partial charge in [-0.15, -0.1) is 0 Å². The number of carbonyl (C=O) groups is 2. The molecule has 1 aliphatic carbocycles. The van der Waals surface area contributed by atoms with Crippen LogP contribution in [-0.4, -0.2) is 29.2 Å². The highest BCUT2D eigenvalue weighted by molar-refractivity contribution is 6.00. The first-order valence-electron chi connectivity index (χ1n) is 13.1. The number of carboxylic acid groups (broad SMARTS) is 1. The Bertz CT molecular complexity index is 1180. The first-order chi connectivity index (χ1) is 17.4. The third kappa shape index (κ3) is 5.96. The Labute approximate surface area is 213 Å². The van der Waals surface area contributed by atoms with Crippen LogP contribution >= 0.6 is 0 Å². The number of hydrogen-bond acceptors (Lipinski definition) is 4. The molecule has 5 heteroatoms. The quantitative estimate of drug-likeness (QED) is 0.259. The molecule has 1 saturated carbocycles. The molecule has 0 radical (unpaired) electrons. The summed E-state index contributed by atoms with van der Waals surface area (Å²) in [6.45, 7) is 5.91. The van der Waals surface area contributed by atoms with E-state index in [2.05, 4.69) is 54.7 Å². The van der Waals surface area contributed by atoms with E-state index in [4.69, 9.17) is 4.74 Å². The highest BCUT2D eigenvalue weighted by atomic mass is 16.5. The van der Waals surface area contributed by atoms with E-state index in [1.54, 1.807) is 19.1 Å². The molecule has 5 unspecified atom stereocenters. The summed E-state index contributed by atoms with van der Waals surface area (Å²) >= 11 is 0. The van der Waals surface area contributed by atoms with Gasteiger partial charge in [0.1, 0.15) is 0 Å². The molecular formula is C31H37NO4. The van der Waals surface area contributed by atoms with Crippen molar-refractivity contribution in [3.8, 4) is 0 Å². The third-order valence-corrected chi connectivity index (χ3v) is 7.57. The second-order valence-electron chi connectivity index (χ2n) is 10.1. The van der Waals surface area contributed by atoms with Crippen molar-refractivity contribution in [2.75, 3.05) is 0 Å². The van der Waals surface area contributed by atoms with Crippen LogP contribution < -0.4 is 5.32 Å². The van der Waals surface area contributed by atoms with Crippen LogP contribution in [0.25, 0.3) is 10.8 Å². The standard InChI is InChI=1S/C31H37NO4/c1-4-20(2)36-31(35)29(30(33)34)24-17-15-22(16-18-24)25-11-7-12-26(19-25)32-21(3)27-14-8-10-23-9-5-6-13-28(23)27/h5-6,8-10,13-18,20-21,25-26,29,32H,4,7,11-12,19H2,1-3H3,(H,33,34). The molecule has 0 saturated heterocycles. The molecule has 0 heterocycles. The van der Waals surface area contributed by atoms with Crippen molar-refractivity contribution < 1.29 is 19.4 Å². The van der Waals surface area contributed by atoms with Gasteiger partial charge < -0.3 is 15.2 Å². The molecule has 1 fully saturated rings. The fraction of sp³-hybridized carbons (Fsp3) is 0.419. The zero-order valence-electron chi connectivity index (χ0n) is 21.4. The van der Waals surface area contributed by atoms with Crippen LogP contribution in [0.2, 0.25) is 0 Å². The number of carboxylic acids is 1. The van der Waals surface area contributed by atoms with Crippen molar-refractivity contribution in [2.24, 2.45) is 0 Å². The summed E-state index contributed by atoms with van der Waals surface area (Å²) in [5.74, 6) is -2.77. The maximum Gasteiger partial charge on any atom is 0.325 e. The number of rotatable bonds is 9. The highest BCUT2D eigenvalue weighted by Crippen LogP contribution is 2.35. The van der Waals surface area contributed by atoms with E-state index in [-0.39, 0.29) is 12.1 Å². The van der Waals surface area contributed by atoms with E-state index in [0.717, 1.165) is 25.7 Å². The Morgan fingerprint density at radius 1 is 1.00 bits per heavy atom. The lowest BCUT2D eigenvalue weighted by Crippen LogP contribution is -2.35. The SMILES string of the molecule is CCC(C)OC(=O)C(C(=O)O)c1ccc(C2CCCC(NC(C)c3cccc4ccccc34)C2)cc1. The summed E-state index contributed by atoms with van der Waals surface area (Å²) in [5, 5.41) is 16.1. The van der Waals surface area contributed by atoms with Gasteiger partial charge in [-0.1, -0.05) is 80.1 Å². The summed E-state index contributed by atoms with van der Waals surface area (Å²) < 4.78 is 5.31. The summed E-state index contributed by atoms with van der Waals surface area (Å²) in [6, 6.07) is 23.2. The van der Waals surface area contributed by atoms with Crippen molar-refractivity contribution in [3.05, 3.63) is 83.4 Å². The molecule has 2 N–H and O–H groups in total. The second-order valence-corrected chi connectivity index (χ2v) is 10.1. The number of esters is 1.